The van der Waals surface area contributed by atoms with Crippen molar-refractivity contribution in [3.8, 4) is 0 Å². The maximum Gasteiger partial charge on any atom is 0.110 e. The van der Waals surface area contributed by atoms with Gasteiger partial charge in [0, 0.05) is 42.7 Å². The van der Waals surface area contributed by atoms with E-state index in [9.17, 15) is 5.11 Å². The third-order valence-corrected chi connectivity index (χ3v) is 7.13. The van der Waals surface area contributed by atoms with Crippen LogP contribution in [0.4, 0.5) is 0 Å². The molecule has 4 heteroatoms. The number of methoxy groups -OCH3 is 1. The fourth-order valence-corrected chi connectivity index (χ4v) is 5.50. The van der Waals surface area contributed by atoms with Crippen molar-refractivity contribution in [3.63, 3.8) is 0 Å². The highest BCUT2D eigenvalue weighted by molar-refractivity contribution is 5.88. The lowest BCUT2D eigenvalue weighted by atomic mass is 9.64. The van der Waals surface area contributed by atoms with Gasteiger partial charge in [-0.2, -0.15) is 0 Å². The third-order valence-electron chi connectivity index (χ3n) is 7.13. The molecule has 0 bridgehead atoms. The lowest BCUT2D eigenvalue weighted by Crippen LogP contribution is -2.62. The van der Waals surface area contributed by atoms with E-state index in [2.05, 4.69) is 55.2 Å². The second kappa shape index (κ2) is 5.83. The van der Waals surface area contributed by atoms with Crippen LogP contribution >= 0.6 is 0 Å². The molecule has 1 fully saturated rings. The second-order valence-electron chi connectivity index (χ2n) is 8.01. The monoisotopic (exact) mass is 342 g/mol. The number of rotatable bonds is 4. The summed E-state index contributed by atoms with van der Waals surface area (Å²) in [6.07, 6.45) is 5.59. The van der Waals surface area contributed by atoms with Crippen LogP contribution in [0.25, 0.3) is 10.9 Å². The summed E-state index contributed by atoms with van der Waals surface area (Å²) in [5.41, 5.74) is 2.87. The number of likely N-dealkylation sites (N-methyl/N-ethyl adjacent to an activating group) is 1. The Morgan fingerprint density at radius 3 is 2.80 bits per heavy atom. The van der Waals surface area contributed by atoms with Crippen LogP contribution < -0.4 is 0 Å². The minimum atomic E-state index is -0.628. The largest absolute Gasteiger partial charge is 0.390 e. The fourth-order valence-electron chi connectivity index (χ4n) is 5.50. The zero-order valence-corrected chi connectivity index (χ0v) is 15.8. The van der Waals surface area contributed by atoms with Gasteiger partial charge in [0.1, 0.15) is 5.60 Å². The molecule has 0 radical (unpaired) electrons. The number of nitrogens with one attached hydrogen (secondary N) is 1. The van der Waals surface area contributed by atoms with Crippen molar-refractivity contribution in [2.75, 3.05) is 20.7 Å². The molecule has 1 aromatic carbocycles. The lowest BCUT2D eigenvalue weighted by Gasteiger charge is -2.55. The van der Waals surface area contributed by atoms with Crippen molar-refractivity contribution in [2.45, 2.75) is 56.8 Å². The Balaban J connectivity index is 1.88. The summed E-state index contributed by atoms with van der Waals surface area (Å²) in [6, 6.07) is 6.80. The van der Waals surface area contributed by atoms with Crippen molar-refractivity contribution in [3.05, 3.63) is 35.5 Å². The van der Waals surface area contributed by atoms with Crippen LogP contribution in [-0.2, 0) is 16.8 Å². The molecular formula is C21H30N2O2. The molecule has 1 aliphatic carbocycles. The highest BCUT2D eigenvalue weighted by Crippen LogP contribution is 2.51. The van der Waals surface area contributed by atoms with Crippen molar-refractivity contribution in [1.29, 1.82) is 0 Å². The van der Waals surface area contributed by atoms with Gasteiger partial charge in [0.05, 0.1) is 5.60 Å². The van der Waals surface area contributed by atoms with Crippen molar-refractivity contribution < 1.29 is 9.84 Å². The van der Waals surface area contributed by atoms with Crippen molar-refractivity contribution in [2.24, 2.45) is 5.92 Å². The molecule has 0 saturated carbocycles. The van der Waals surface area contributed by atoms with E-state index in [1.54, 1.807) is 0 Å². The van der Waals surface area contributed by atoms with Crippen LogP contribution in [-0.4, -0.2) is 47.3 Å². The number of hydrogen-bond acceptors (Lipinski definition) is 3. The molecule has 2 aromatic rings. The van der Waals surface area contributed by atoms with Gasteiger partial charge in [0.25, 0.3) is 0 Å². The summed E-state index contributed by atoms with van der Waals surface area (Å²) in [7, 11) is 4.03. The first kappa shape index (κ1) is 17.1. The van der Waals surface area contributed by atoms with Gasteiger partial charge in [-0.15, -0.1) is 0 Å². The van der Waals surface area contributed by atoms with E-state index >= 15 is 0 Å². The molecule has 1 unspecified atom stereocenters. The van der Waals surface area contributed by atoms with E-state index in [4.69, 9.17) is 4.74 Å². The molecule has 136 valence electrons. The van der Waals surface area contributed by atoms with E-state index in [1.165, 1.54) is 22.0 Å². The average Bonchev–Trinajstić information content (AvgIpc) is 3.06. The molecule has 2 heterocycles. The first-order chi connectivity index (χ1) is 12.0. The minimum absolute atomic E-state index is 0.208. The predicted octanol–water partition coefficient (Wildman–Crippen LogP) is 3.44. The van der Waals surface area contributed by atoms with Gasteiger partial charge in [0.15, 0.2) is 0 Å². The molecule has 4 rings (SSSR count). The average molecular weight is 342 g/mol. The Labute approximate surface area is 150 Å². The number of aliphatic hydroxyl groups is 1. The Kier molecular flexibility index (Phi) is 3.98. The number of nitrogens with zero attached hydrogens (tertiary/aromatic N) is 1. The zero-order valence-electron chi connectivity index (χ0n) is 15.8. The van der Waals surface area contributed by atoms with Crippen LogP contribution in [0.3, 0.4) is 0 Å². The molecule has 3 atom stereocenters. The van der Waals surface area contributed by atoms with Gasteiger partial charge < -0.3 is 14.8 Å². The molecule has 0 spiro atoms. The molecule has 2 aliphatic rings. The molecule has 1 aromatic heterocycles. The summed E-state index contributed by atoms with van der Waals surface area (Å²) in [5, 5.41) is 12.6. The van der Waals surface area contributed by atoms with Crippen LogP contribution in [0.15, 0.2) is 24.4 Å². The number of benzene rings is 1. The predicted molar refractivity (Wildman–Crippen MR) is 101 cm³/mol. The molecule has 0 amide bonds. The Hall–Kier alpha value is -1.36. The number of likely N-dealkylation sites (tertiary alicyclic amines) is 1. The van der Waals surface area contributed by atoms with Gasteiger partial charge in [0.2, 0.25) is 0 Å². The van der Waals surface area contributed by atoms with Crippen LogP contribution in [0, 0.1) is 5.92 Å². The van der Waals surface area contributed by atoms with Gasteiger partial charge >= 0.3 is 0 Å². The molecule has 25 heavy (non-hydrogen) atoms. The number of fused-ring (bicyclic) bond motifs is 2. The maximum atomic E-state index is 11.2. The number of aromatic nitrogens is 1. The van der Waals surface area contributed by atoms with Gasteiger partial charge in [-0.1, -0.05) is 26.0 Å². The summed E-state index contributed by atoms with van der Waals surface area (Å²) < 4.78 is 6.32. The Morgan fingerprint density at radius 1 is 1.36 bits per heavy atom. The first-order valence-electron chi connectivity index (χ1n) is 9.56. The molecular weight excluding hydrogens is 312 g/mol. The molecule has 2 N–H and O–H groups in total. The van der Waals surface area contributed by atoms with E-state index in [0.717, 1.165) is 32.2 Å². The first-order valence-corrected chi connectivity index (χ1v) is 9.56. The van der Waals surface area contributed by atoms with Crippen LogP contribution in [0.2, 0.25) is 0 Å². The molecule has 4 nitrogen and oxygen atoms in total. The molecule has 1 aliphatic heterocycles. The fraction of sp³-hybridized carbons (Fsp3) is 0.619. The van der Waals surface area contributed by atoms with Gasteiger partial charge in [-0.05, 0) is 49.9 Å². The van der Waals surface area contributed by atoms with Crippen LogP contribution in [0.1, 0.15) is 44.2 Å². The van der Waals surface area contributed by atoms with E-state index in [1.807, 2.05) is 7.11 Å². The number of ether oxygens (including phenoxy) is 1. The smallest absolute Gasteiger partial charge is 0.110 e. The van der Waals surface area contributed by atoms with Crippen molar-refractivity contribution in [1.82, 2.24) is 9.88 Å². The normalized spacial score (nSPS) is 29.8. The summed E-state index contributed by atoms with van der Waals surface area (Å²) >= 11 is 0. The topological polar surface area (TPSA) is 48.5 Å². The Bertz CT molecular complexity index is 779. The summed E-state index contributed by atoms with van der Waals surface area (Å²) in [6.45, 7) is 5.12. The highest BCUT2D eigenvalue weighted by atomic mass is 16.5. The van der Waals surface area contributed by atoms with Gasteiger partial charge in [-0.3, -0.25) is 4.90 Å². The number of hydrogen-bond donors (Lipinski definition) is 2. The van der Waals surface area contributed by atoms with Crippen molar-refractivity contribution >= 4 is 10.9 Å². The lowest BCUT2D eigenvalue weighted by molar-refractivity contribution is -0.163. The highest BCUT2D eigenvalue weighted by Gasteiger charge is 2.54. The zero-order chi connectivity index (χ0) is 17.8. The SMILES string of the molecule is CCC(O)(CC)C1CN(C)[C@@H]2Cc3c[nH]c4cccc(c34)[C@@]2(OC)C1. The van der Waals surface area contributed by atoms with E-state index < -0.39 is 5.60 Å². The second-order valence-corrected chi connectivity index (χ2v) is 8.01. The quantitative estimate of drug-likeness (QED) is 0.895. The number of aromatic amines is 1. The number of piperidine rings is 1. The third kappa shape index (κ3) is 2.24. The maximum absolute atomic E-state index is 11.2. The number of H-pyrrole nitrogens is 1. The summed E-state index contributed by atoms with van der Waals surface area (Å²) in [4.78, 5) is 5.85. The molecule has 1 saturated heterocycles. The van der Waals surface area contributed by atoms with E-state index in [0.29, 0.717) is 6.04 Å². The minimum Gasteiger partial charge on any atom is -0.390 e. The Morgan fingerprint density at radius 2 is 2.12 bits per heavy atom. The standard InChI is InChI=1S/C21H30N2O2/c1-5-20(24,6-2)15-11-21(25-4)16-8-7-9-17-19(16)14(12-22-17)10-18(21)23(3)13-15/h7-9,12,15,18,22,24H,5-6,10-11,13H2,1-4H3/t15?,18-,21+/m1/s1. The van der Waals surface area contributed by atoms with Gasteiger partial charge in [-0.25, -0.2) is 0 Å². The summed E-state index contributed by atoms with van der Waals surface area (Å²) in [5.74, 6) is 0.208. The van der Waals surface area contributed by atoms with E-state index in [-0.39, 0.29) is 11.5 Å². The van der Waals surface area contributed by atoms with Crippen LogP contribution in [0.5, 0.6) is 0 Å².